The third-order valence-corrected chi connectivity index (χ3v) is 8.02. The van der Waals surface area contributed by atoms with Crippen LogP contribution in [0.5, 0.6) is 0 Å². The van der Waals surface area contributed by atoms with Crippen LogP contribution in [-0.2, 0) is 14.3 Å². The molecule has 0 saturated heterocycles. The van der Waals surface area contributed by atoms with Crippen LogP contribution in [-0.4, -0.2) is 36.0 Å². The molecule has 0 aromatic rings. The second kappa shape index (κ2) is 13.0. The number of aliphatic hydroxyl groups is 1. The van der Waals surface area contributed by atoms with Crippen molar-refractivity contribution in [1.82, 2.24) is 0 Å². The summed E-state index contributed by atoms with van der Waals surface area (Å²) in [5, 5.41) is 9.50. The SMILES string of the molecule is COC(C)(C)CCCCC1=CC(C)(C)C=C(CCC2=CC(C)(C)C=C(CCCCC(C)(C)CO)C2=O)C1=O. The first-order chi connectivity index (χ1) is 17.5. The molecular weight excluding hydrogens is 472 g/mol. The van der Waals surface area contributed by atoms with Crippen molar-refractivity contribution in [3.63, 3.8) is 0 Å². The summed E-state index contributed by atoms with van der Waals surface area (Å²) in [6.07, 6.45) is 17.0. The van der Waals surface area contributed by atoms with E-state index in [4.69, 9.17) is 4.74 Å². The molecule has 2 aliphatic carbocycles. The van der Waals surface area contributed by atoms with E-state index in [2.05, 4.69) is 79.7 Å². The number of carbonyl (C=O) groups excluding carboxylic acids is 2. The average Bonchev–Trinajstić information content (AvgIpc) is 2.82. The smallest absolute Gasteiger partial charge is 0.184 e. The molecule has 0 radical (unpaired) electrons. The molecule has 0 fully saturated rings. The van der Waals surface area contributed by atoms with E-state index in [1.54, 1.807) is 7.11 Å². The highest BCUT2D eigenvalue weighted by Gasteiger charge is 2.30. The number of hydrogen-bond acceptors (Lipinski definition) is 4. The van der Waals surface area contributed by atoms with Gasteiger partial charge in [-0.15, -0.1) is 0 Å². The first kappa shape index (κ1) is 32.4. The molecule has 4 nitrogen and oxygen atoms in total. The highest BCUT2D eigenvalue weighted by atomic mass is 16.5. The molecule has 0 bridgehead atoms. The van der Waals surface area contributed by atoms with Gasteiger partial charge in [0, 0.05) is 24.5 Å². The lowest BCUT2D eigenvalue weighted by atomic mass is 9.76. The van der Waals surface area contributed by atoms with Crippen molar-refractivity contribution in [2.45, 2.75) is 125 Å². The monoisotopic (exact) mass is 526 g/mol. The third kappa shape index (κ3) is 10.1. The van der Waals surface area contributed by atoms with Gasteiger partial charge in [-0.05, 0) is 92.9 Å². The lowest BCUT2D eigenvalue weighted by molar-refractivity contribution is -0.114. The first-order valence-corrected chi connectivity index (χ1v) is 14.6. The Morgan fingerprint density at radius 2 is 1.03 bits per heavy atom. The molecule has 0 spiro atoms. The Kier molecular flexibility index (Phi) is 11.1. The van der Waals surface area contributed by atoms with Gasteiger partial charge in [-0.2, -0.15) is 0 Å². The van der Waals surface area contributed by atoms with Gasteiger partial charge in [0.05, 0.1) is 5.60 Å². The van der Waals surface area contributed by atoms with E-state index in [1.807, 2.05) is 0 Å². The average molecular weight is 527 g/mol. The highest BCUT2D eigenvalue weighted by molar-refractivity contribution is 6.11. The van der Waals surface area contributed by atoms with Gasteiger partial charge >= 0.3 is 0 Å². The van der Waals surface area contributed by atoms with Gasteiger partial charge in [-0.1, -0.05) is 78.7 Å². The van der Waals surface area contributed by atoms with Gasteiger partial charge in [0.25, 0.3) is 0 Å². The number of aliphatic hydroxyl groups excluding tert-OH is 1. The van der Waals surface area contributed by atoms with E-state index >= 15 is 0 Å². The molecule has 4 heteroatoms. The van der Waals surface area contributed by atoms with Gasteiger partial charge in [0.15, 0.2) is 11.6 Å². The molecule has 0 aliphatic heterocycles. The molecule has 214 valence electrons. The maximum Gasteiger partial charge on any atom is 0.184 e. The summed E-state index contributed by atoms with van der Waals surface area (Å²) in [7, 11) is 1.75. The molecule has 2 rings (SSSR count). The molecule has 1 N–H and O–H groups in total. The Hall–Kier alpha value is -1.78. The number of unbranched alkanes of at least 4 members (excludes halogenated alkanes) is 2. The molecule has 0 unspecified atom stereocenters. The van der Waals surface area contributed by atoms with Crippen LogP contribution < -0.4 is 0 Å². The van der Waals surface area contributed by atoms with Crippen molar-refractivity contribution in [1.29, 1.82) is 0 Å². The topological polar surface area (TPSA) is 63.6 Å². The van der Waals surface area contributed by atoms with Crippen LogP contribution in [0.3, 0.4) is 0 Å². The number of allylic oxidation sites excluding steroid dienone is 8. The van der Waals surface area contributed by atoms with Crippen molar-refractivity contribution < 1.29 is 19.4 Å². The van der Waals surface area contributed by atoms with Crippen molar-refractivity contribution in [2.75, 3.05) is 13.7 Å². The molecule has 0 amide bonds. The van der Waals surface area contributed by atoms with Crippen LogP contribution >= 0.6 is 0 Å². The van der Waals surface area contributed by atoms with Crippen LogP contribution in [0.4, 0.5) is 0 Å². The zero-order valence-electron chi connectivity index (χ0n) is 25.8. The number of hydrogen-bond donors (Lipinski definition) is 1. The summed E-state index contributed by atoms with van der Waals surface area (Å²) >= 11 is 0. The second-order valence-corrected chi connectivity index (χ2v) is 14.2. The zero-order chi connectivity index (χ0) is 28.8. The predicted octanol–water partition coefficient (Wildman–Crippen LogP) is 8.25. The Balaban J connectivity index is 2.00. The predicted molar refractivity (Wildman–Crippen MR) is 158 cm³/mol. The normalized spacial score (nSPS) is 19.6. The molecule has 2 aliphatic rings. The van der Waals surface area contributed by atoms with Crippen molar-refractivity contribution in [3.05, 3.63) is 46.6 Å². The summed E-state index contributed by atoms with van der Waals surface area (Å²) in [5.41, 5.74) is 2.96. The minimum atomic E-state index is -0.172. The van der Waals surface area contributed by atoms with E-state index in [9.17, 15) is 14.7 Å². The van der Waals surface area contributed by atoms with E-state index in [1.165, 1.54) is 0 Å². The molecule has 0 atom stereocenters. The van der Waals surface area contributed by atoms with Gasteiger partial charge < -0.3 is 9.84 Å². The zero-order valence-corrected chi connectivity index (χ0v) is 25.8. The quantitative estimate of drug-likeness (QED) is 0.218. The van der Waals surface area contributed by atoms with Gasteiger partial charge in [0.1, 0.15) is 0 Å². The van der Waals surface area contributed by atoms with Crippen molar-refractivity contribution in [3.8, 4) is 0 Å². The molecule has 0 saturated carbocycles. The van der Waals surface area contributed by atoms with E-state index < -0.39 is 0 Å². The van der Waals surface area contributed by atoms with E-state index in [0.29, 0.717) is 12.8 Å². The lowest BCUT2D eigenvalue weighted by Gasteiger charge is -2.28. The standard InChI is InChI=1S/C34H54O4/c1-31(2,24-35)18-12-10-14-25-20-32(3,4)22-27(29(25)36)16-17-28-23-33(5,6)21-26(30(28)37)15-11-13-19-34(7,8)38-9/h20-23,35H,10-19,24H2,1-9H3. The van der Waals surface area contributed by atoms with Crippen LogP contribution in [0.2, 0.25) is 0 Å². The van der Waals surface area contributed by atoms with Crippen molar-refractivity contribution in [2.24, 2.45) is 16.2 Å². The molecular formula is C34H54O4. The fourth-order valence-corrected chi connectivity index (χ4v) is 5.53. The number of ketones is 2. The molecule has 0 aromatic carbocycles. The summed E-state index contributed by atoms with van der Waals surface area (Å²) in [5.74, 6) is 0.297. The fraction of sp³-hybridized carbons (Fsp3) is 0.706. The van der Waals surface area contributed by atoms with Gasteiger partial charge in [0.2, 0.25) is 0 Å². The minimum Gasteiger partial charge on any atom is -0.396 e. The number of carbonyl (C=O) groups is 2. The van der Waals surface area contributed by atoms with E-state index in [0.717, 1.165) is 73.7 Å². The van der Waals surface area contributed by atoms with E-state index in [-0.39, 0.29) is 40.0 Å². The highest BCUT2D eigenvalue weighted by Crippen LogP contribution is 2.37. The summed E-state index contributed by atoms with van der Waals surface area (Å²) in [6.45, 7) is 17.1. The number of Topliss-reactive ketones (excluding diaryl/α,β-unsaturated/α-hetero) is 2. The third-order valence-electron chi connectivity index (χ3n) is 8.02. The Bertz CT molecular complexity index is 902. The Morgan fingerprint density at radius 1 is 0.658 bits per heavy atom. The Morgan fingerprint density at radius 3 is 1.39 bits per heavy atom. The summed E-state index contributed by atoms with van der Waals surface area (Å²) < 4.78 is 5.53. The van der Waals surface area contributed by atoms with Crippen LogP contribution in [0.1, 0.15) is 120 Å². The Labute approximate surface area is 232 Å². The summed E-state index contributed by atoms with van der Waals surface area (Å²) in [4.78, 5) is 26.8. The first-order valence-electron chi connectivity index (χ1n) is 14.6. The lowest BCUT2D eigenvalue weighted by Crippen LogP contribution is -2.23. The summed E-state index contributed by atoms with van der Waals surface area (Å²) in [6, 6.07) is 0. The van der Waals surface area contributed by atoms with Crippen LogP contribution in [0.25, 0.3) is 0 Å². The van der Waals surface area contributed by atoms with Crippen LogP contribution in [0, 0.1) is 16.2 Å². The van der Waals surface area contributed by atoms with Gasteiger partial charge in [-0.25, -0.2) is 0 Å². The van der Waals surface area contributed by atoms with Gasteiger partial charge in [-0.3, -0.25) is 9.59 Å². The maximum atomic E-state index is 13.4. The fourth-order valence-electron chi connectivity index (χ4n) is 5.53. The van der Waals surface area contributed by atoms with Crippen molar-refractivity contribution >= 4 is 11.6 Å². The molecule has 38 heavy (non-hydrogen) atoms. The maximum absolute atomic E-state index is 13.4. The number of methoxy groups -OCH3 is 1. The number of ether oxygens (including phenoxy) is 1. The second-order valence-electron chi connectivity index (χ2n) is 14.2. The minimum absolute atomic E-state index is 0.0723. The molecule has 0 heterocycles. The van der Waals surface area contributed by atoms with Crippen LogP contribution in [0.15, 0.2) is 46.6 Å². The largest absolute Gasteiger partial charge is 0.396 e. The molecule has 0 aromatic heterocycles. The number of rotatable bonds is 15.